The fourth-order valence-electron chi connectivity index (χ4n) is 3.10. The number of nitrogens with zero attached hydrogens (tertiary/aromatic N) is 4. The molecule has 2 aromatic heterocycles. The summed E-state index contributed by atoms with van der Waals surface area (Å²) in [7, 11) is 0. The molecule has 0 saturated carbocycles. The first-order valence-electron chi connectivity index (χ1n) is 10.3. The number of hydrogen-bond donors (Lipinski definition) is 2. The smallest absolute Gasteiger partial charge is 0.292 e. The van der Waals surface area contributed by atoms with Crippen molar-refractivity contribution in [3.05, 3.63) is 104 Å². The van der Waals surface area contributed by atoms with E-state index < -0.39 is 9.85 Å². The minimum Gasteiger partial charge on any atom is -0.444 e. The minimum atomic E-state index is -0.496. The minimum absolute atomic E-state index is 0.0737. The second-order valence-electron chi connectivity index (χ2n) is 7.22. The Hall–Kier alpha value is -5.62. The number of nitriles is 2. The number of rotatable bonds is 6. The topological polar surface area (TPSA) is 184 Å². The number of anilines is 4. The molecule has 2 N–H and O–H groups in total. The van der Waals surface area contributed by atoms with Crippen LogP contribution in [0, 0.1) is 56.7 Å². The van der Waals surface area contributed by atoms with E-state index in [1.807, 2.05) is 12.1 Å². The molecule has 0 bridgehead atoms. The van der Waals surface area contributed by atoms with Crippen LogP contribution in [0.15, 0.2) is 69.5 Å². The Labute approximate surface area is 204 Å². The molecule has 36 heavy (non-hydrogen) atoms. The van der Waals surface area contributed by atoms with E-state index in [1.165, 1.54) is 12.1 Å². The molecule has 0 spiro atoms. The van der Waals surface area contributed by atoms with Crippen LogP contribution in [0.3, 0.4) is 0 Å². The molecule has 0 fully saturated rings. The Kier molecular flexibility index (Phi) is 7.64. The zero-order valence-corrected chi connectivity index (χ0v) is 19.0. The molecule has 180 valence electrons. The van der Waals surface area contributed by atoms with Crippen molar-refractivity contribution >= 4 is 34.5 Å². The first-order chi connectivity index (χ1) is 17.2. The fourth-order valence-corrected chi connectivity index (χ4v) is 3.10. The van der Waals surface area contributed by atoms with Gasteiger partial charge in [-0.2, -0.15) is 10.5 Å². The first-order valence-corrected chi connectivity index (χ1v) is 10.3. The molecular weight excluding hydrogens is 468 g/mol. The first kappa shape index (κ1) is 25.0. The number of furan rings is 2. The molecule has 4 aromatic rings. The summed E-state index contributed by atoms with van der Waals surface area (Å²) in [5, 5.41) is 45.0. The molecule has 0 saturated heterocycles. The highest BCUT2D eigenvalue weighted by atomic mass is 16.6. The lowest BCUT2D eigenvalue weighted by molar-refractivity contribution is -0.384. The average Bonchev–Trinajstić information content (AvgIpc) is 3.40. The zero-order valence-electron chi connectivity index (χ0n) is 19.0. The summed E-state index contributed by atoms with van der Waals surface area (Å²) in [6.07, 6.45) is 0. The fraction of sp³-hybridized carbons (Fsp3) is 0.0833. The third kappa shape index (κ3) is 5.84. The summed E-state index contributed by atoms with van der Waals surface area (Å²) in [5.74, 6) is 1.55. The van der Waals surface area contributed by atoms with E-state index in [0.717, 1.165) is 0 Å². The van der Waals surface area contributed by atoms with Gasteiger partial charge >= 0.3 is 0 Å². The standard InChI is InChI=1S/2C12H9N3O3/c2*1-8-6-9(7-13)12(18-8)14-10-4-2-3-5-11(10)15(16)17/h2*2-6,14H,1H3. The van der Waals surface area contributed by atoms with Crippen molar-refractivity contribution in [3.63, 3.8) is 0 Å². The van der Waals surface area contributed by atoms with Crippen LogP contribution in [0.1, 0.15) is 22.6 Å². The number of aryl methyl sites for hydroxylation is 2. The van der Waals surface area contributed by atoms with Gasteiger partial charge in [0.15, 0.2) is 0 Å². The molecular formula is C24H18N6O6. The Bertz CT molecular complexity index is 1390. The maximum atomic E-state index is 10.8. The van der Waals surface area contributed by atoms with Gasteiger partial charge in [0.1, 0.15) is 46.2 Å². The lowest BCUT2D eigenvalue weighted by Crippen LogP contribution is -1.96. The Balaban J connectivity index is 0.000000201. The molecule has 12 nitrogen and oxygen atoms in total. The van der Waals surface area contributed by atoms with Crippen molar-refractivity contribution in [2.24, 2.45) is 0 Å². The molecule has 0 amide bonds. The van der Waals surface area contributed by atoms with Gasteiger partial charge in [-0.15, -0.1) is 0 Å². The Morgan fingerprint density at radius 1 is 0.722 bits per heavy atom. The molecule has 0 radical (unpaired) electrons. The van der Waals surface area contributed by atoms with E-state index >= 15 is 0 Å². The number of para-hydroxylation sites is 4. The summed E-state index contributed by atoms with van der Waals surface area (Å²) in [5.41, 5.74) is 1.05. The predicted octanol–water partition coefficient (Wildman–Crippen LogP) is 6.22. The highest BCUT2D eigenvalue weighted by Crippen LogP contribution is 2.31. The number of benzene rings is 2. The second-order valence-corrected chi connectivity index (χ2v) is 7.22. The van der Waals surface area contributed by atoms with Crippen molar-refractivity contribution in [1.29, 1.82) is 10.5 Å². The molecule has 0 aliphatic heterocycles. The van der Waals surface area contributed by atoms with Gasteiger partial charge < -0.3 is 19.5 Å². The number of nitro groups is 2. The van der Waals surface area contributed by atoms with Crippen LogP contribution in [0.25, 0.3) is 0 Å². The van der Waals surface area contributed by atoms with Crippen LogP contribution in [-0.4, -0.2) is 9.85 Å². The van der Waals surface area contributed by atoms with E-state index in [1.54, 1.807) is 62.4 Å². The molecule has 12 heteroatoms. The molecule has 0 atom stereocenters. The summed E-state index contributed by atoms with van der Waals surface area (Å²) in [6.45, 7) is 3.40. The summed E-state index contributed by atoms with van der Waals surface area (Å²) in [4.78, 5) is 20.7. The summed E-state index contributed by atoms with van der Waals surface area (Å²) < 4.78 is 10.6. The number of hydrogen-bond acceptors (Lipinski definition) is 10. The quantitative estimate of drug-likeness (QED) is 0.234. The Morgan fingerprint density at radius 2 is 1.08 bits per heavy atom. The largest absolute Gasteiger partial charge is 0.444 e. The molecule has 0 unspecified atom stereocenters. The van der Waals surface area contributed by atoms with Crippen LogP contribution in [0.4, 0.5) is 34.5 Å². The Morgan fingerprint density at radius 3 is 1.42 bits per heavy atom. The third-order valence-corrected chi connectivity index (χ3v) is 4.65. The molecule has 2 aromatic carbocycles. The summed E-state index contributed by atoms with van der Waals surface area (Å²) >= 11 is 0. The normalized spacial score (nSPS) is 9.78. The molecule has 0 aliphatic carbocycles. The van der Waals surface area contributed by atoms with Gasteiger partial charge in [-0.25, -0.2) is 0 Å². The van der Waals surface area contributed by atoms with E-state index in [4.69, 9.17) is 19.4 Å². The van der Waals surface area contributed by atoms with Gasteiger partial charge in [-0.1, -0.05) is 24.3 Å². The highest BCUT2D eigenvalue weighted by Gasteiger charge is 2.17. The monoisotopic (exact) mass is 486 g/mol. The van der Waals surface area contributed by atoms with Crippen LogP contribution in [0.5, 0.6) is 0 Å². The lowest BCUT2D eigenvalue weighted by Gasteiger charge is -2.03. The van der Waals surface area contributed by atoms with Gasteiger partial charge in [0, 0.05) is 12.1 Å². The van der Waals surface area contributed by atoms with Gasteiger partial charge in [0.05, 0.1) is 9.85 Å². The molecule has 2 heterocycles. The number of nitro benzene ring substituents is 2. The predicted molar refractivity (Wildman–Crippen MR) is 129 cm³/mol. The van der Waals surface area contributed by atoms with Crippen LogP contribution < -0.4 is 10.6 Å². The maximum Gasteiger partial charge on any atom is 0.292 e. The SMILES string of the molecule is Cc1cc(C#N)c(Nc2ccccc2[N+](=O)[O-])o1.Cc1cc(C#N)c(Nc2ccccc2[N+](=O)[O-])o1. The van der Waals surface area contributed by atoms with Crippen molar-refractivity contribution in [1.82, 2.24) is 0 Å². The molecule has 0 aliphatic rings. The van der Waals surface area contributed by atoms with Crippen molar-refractivity contribution in [2.45, 2.75) is 13.8 Å². The van der Waals surface area contributed by atoms with E-state index in [9.17, 15) is 20.2 Å². The van der Waals surface area contributed by atoms with Crippen molar-refractivity contribution in [2.75, 3.05) is 10.6 Å². The van der Waals surface area contributed by atoms with Gasteiger partial charge in [0.2, 0.25) is 11.8 Å². The maximum absolute atomic E-state index is 10.8. The third-order valence-electron chi connectivity index (χ3n) is 4.65. The van der Waals surface area contributed by atoms with Gasteiger partial charge in [-0.05, 0) is 38.1 Å². The zero-order chi connectivity index (χ0) is 26.2. The average molecular weight is 486 g/mol. The van der Waals surface area contributed by atoms with Gasteiger partial charge in [-0.3, -0.25) is 20.2 Å². The van der Waals surface area contributed by atoms with Crippen molar-refractivity contribution in [3.8, 4) is 12.1 Å². The number of nitrogens with one attached hydrogen (secondary N) is 2. The van der Waals surface area contributed by atoms with Crippen LogP contribution in [0.2, 0.25) is 0 Å². The highest BCUT2D eigenvalue weighted by molar-refractivity contribution is 5.71. The lowest BCUT2D eigenvalue weighted by atomic mass is 10.2. The van der Waals surface area contributed by atoms with Crippen molar-refractivity contribution < 1.29 is 18.7 Å². The van der Waals surface area contributed by atoms with E-state index in [0.29, 0.717) is 22.6 Å². The van der Waals surface area contributed by atoms with Gasteiger partial charge in [0.25, 0.3) is 11.4 Å². The van der Waals surface area contributed by atoms with E-state index in [-0.39, 0.29) is 34.5 Å². The van der Waals surface area contributed by atoms with Crippen LogP contribution >= 0.6 is 0 Å². The molecule has 4 rings (SSSR count). The van der Waals surface area contributed by atoms with E-state index in [2.05, 4.69) is 10.6 Å². The summed E-state index contributed by atoms with van der Waals surface area (Å²) in [6, 6.07) is 19.4. The second kappa shape index (κ2) is 11.0. The van der Waals surface area contributed by atoms with Crippen LogP contribution in [-0.2, 0) is 0 Å².